The highest BCUT2D eigenvalue weighted by Gasteiger charge is 2.65. The Bertz CT molecular complexity index is 1510. The van der Waals surface area contributed by atoms with E-state index in [1.807, 2.05) is 0 Å². The molecule has 4 aliphatic rings. The molecule has 0 unspecified atom stereocenters. The van der Waals surface area contributed by atoms with Crippen molar-refractivity contribution in [2.45, 2.75) is 50.2 Å². The lowest BCUT2D eigenvalue weighted by molar-refractivity contribution is -0.166. The van der Waals surface area contributed by atoms with Crippen molar-refractivity contribution in [3.63, 3.8) is 0 Å². The highest BCUT2D eigenvalue weighted by Crippen LogP contribution is 2.61. The van der Waals surface area contributed by atoms with E-state index in [1.54, 1.807) is 5.57 Å². The highest BCUT2D eigenvalue weighted by molar-refractivity contribution is 5.87. The van der Waals surface area contributed by atoms with Crippen LogP contribution in [-0.2, 0) is 25.7 Å². The van der Waals surface area contributed by atoms with Crippen molar-refractivity contribution in [1.29, 1.82) is 0 Å². The molecular weight excluding hydrogens is 406 g/mol. The van der Waals surface area contributed by atoms with Gasteiger partial charge in [0.2, 0.25) is 0 Å². The van der Waals surface area contributed by atoms with E-state index >= 15 is 0 Å². The number of aromatic nitrogens is 2. The maximum atomic E-state index is 12.7. The Morgan fingerprint density at radius 2 is 1.58 bits per heavy atom. The number of nitrogens with one attached hydrogen (secondary N) is 2. The van der Waals surface area contributed by atoms with Gasteiger partial charge in [-0.25, -0.2) is 0 Å². The van der Waals surface area contributed by atoms with Crippen LogP contribution in [-0.4, -0.2) is 45.2 Å². The number of aliphatic hydroxyl groups is 1. The zero-order valence-corrected chi connectivity index (χ0v) is 19.0. The molecule has 2 aromatic carbocycles. The van der Waals surface area contributed by atoms with Crippen LogP contribution < -0.4 is 0 Å². The van der Waals surface area contributed by atoms with Gasteiger partial charge in [0.1, 0.15) is 0 Å². The van der Waals surface area contributed by atoms with Crippen LogP contribution in [0.2, 0.25) is 0 Å². The monoisotopic (exact) mass is 435 g/mol. The molecular formula is C29H29N3O. The van der Waals surface area contributed by atoms with Gasteiger partial charge in [0.05, 0.1) is 5.60 Å². The Labute approximate surface area is 193 Å². The molecule has 0 saturated carbocycles. The normalized spacial score (nSPS) is 30.8. The summed E-state index contributed by atoms with van der Waals surface area (Å²) in [6, 6.07) is 17.5. The molecule has 0 amide bonds. The minimum atomic E-state index is -0.722. The number of rotatable bonds is 0. The van der Waals surface area contributed by atoms with Gasteiger partial charge in [-0.15, -0.1) is 0 Å². The summed E-state index contributed by atoms with van der Waals surface area (Å²) >= 11 is 0. The molecule has 2 bridgehead atoms. The number of likely N-dealkylation sites (N-methyl/N-ethyl adjacent to an activating group) is 1. The van der Waals surface area contributed by atoms with Crippen LogP contribution in [0.1, 0.15) is 35.4 Å². The van der Waals surface area contributed by atoms with Crippen molar-refractivity contribution in [3.05, 3.63) is 82.2 Å². The largest absolute Gasteiger partial charge is 0.387 e. The van der Waals surface area contributed by atoms with Gasteiger partial charge in [-0.3, -0.25) is 0 Å². The van der Waals surface area contributed by atoms with Gasteiger partial charge in [0.25, 0.3) is 0 Å². The molecule has 3 atom stereocenters. The number of hydrogen-bond donors (Lipinski definition) is 3. The van der Waals surface area contributed by atoms with E-state index in [0.717, 1.165) is 45.1 Å². The van der Waals surface area contributed by atoms with Crippen molar-refractivity contribution in [1.82, 2.24) is 14.9 Å². The first-order chi connectivity index (χ1) is 16.1. The second kappa shape index (κ2) is 5.99. The van der Waals surface area contributed by atoms with Crippen LogP contribution in [0.4, 0.5) is 0 Å². The minimum absolute atomic E-state index is 0.179. The molecule has 4 aromatic rings. The van der Waals surface area contributed by atoms with Crippen molar-refractivity contribution in [2.75, 3.05) is 13.6 Å². The molecule has 0 radical (unpaired) electrons. The van der Waals surface area contributed by atoms with Crippen LogP contribution >= 0.6 is 0 Å². The van der Waals surface area contributed by atoms with Gasteiger partial charge in [-0.2, -0.15) is 0 Å². The number of nitrogens with zero attached hydrogens (tertiary/aromatic N) is 1. The molecule has 8 rings (SSSR count). The summed E-state index contributed by atoms with van der Waals surface area (Å²) in [6.07, 6.45) is 5.66. The topological polar surface area (TPSA) is 55.1 Å². The van der Waals surface area contributed by atoms with Crippen LogP contribution in [0, 0.1) is 5.41 Å². The van der Waals surface area contributed by atoms with Crippen molar-refractivity contribution in [2.24, 2.45) is 5.41 Å². The maximum absolute atomic E-state index is 12.7. The van der Waals surface area contributed by atoms with Crippen LogP contribution in [0.5, 0.6) is 0 Å². The number of hydrogen-bond acceptors (Lipinski definition) is 2. The molecule has 4 heteroatoms. The molecule has 4 nitrogen and oxygen atoms in total. The van der Waals surface area contributed by atoms with E-state index in [0.29, 0.717) is 0 Å². The van der Waals surface area contributed by atoms with Crippen LogP contribution in [0.25, 0.3) is 21.8 Å². The molecule has 33 heavy (non-hydrogen) atoms. The molecule has 1 fully saturated rings. The van der Waals surface area contributed by atoms with E-state index in [2.05, 4.69) is 70.4 Å². The summed E-state index contributed by atoms with van der Waals surface area (Å²) in [5.41, 5.74) is 10.2. The Morgan fingerprint density at radius 1 is 0.879 bits per heavy atom. The lowest BCUT2D eigenvalue weighted by atomic mass is 9.48. The number of para-hydroxylation sites is 2. The number of benzene rings is 2. The summed E-state index contributed by atoms with van der Waals surface area (Å²) < 4.78 is 0. The summed E-state index contributed by atoms with van der Waals surface area (Å²) in [6.45, 7) is 1.05. The predicted octanol–water partition coefficient (Wildman–Crippen LogP) is 4.67. The first-order valence-electron chi connectivity index (χ1n) is 12.4. The number of likely N-dealkylation sites (tertiary alicyclic amines) is 1. The van der Waals surface area contributed by atoms with Gasteiger partial charge in [-0.05, 0) is 56.1 Å². The lowest BCUT2D eigenvalue weighted by Crippen LogP contribution is -2.71. The first kappa shape index (κ1) is 18.6. The van der Waals surface area contributed by atoms with E-state index in [-0.39, 0.29) is 11.5 Å². The number of piperidine rings is 1. The quantitative estimate of drug-likeness (QED) is 0.352. The van der Waals surface area contributed by atoms with E-state index < -0.39 is 5.60 Å². The van der Waals surface area contributed by atoms with Gasteiger partial charge in [0.15, 0.2) is 0 Å². The second-order valence-electron chi connectivity index (χ2n) is 11.0. The fourth-order valence-corrected chi connectivity index (χ4v) is 8.14. The second-order valence-corrected chi connectivity index (χ2v) is 11.0. The van der Waals surface area contributed by atoms with Gasteiger partial charge < -0.3 is 20.0 Å². The third-order valence-electron chi connectivity index (χ3n) is 9.72. The zero-order valence-electron chi connectivity index (χ0n) is 19.0. The third-order valence-corrected chi connectivity index (χ3v) is 9.72. The number of aromatic amines is 2. The van der Waals surface area contributed by atoms with Crippen molar-refractivity contribution < 1.29 is 5.11 Å². The van der Waals surface area contributed by atoms with Gasteiger partial charge in [-0.1, -0.05) is 47.5 Å². The summed E-state index contributed by atoms with van der Waals surface area (Å²) in [5, 5.41) is 15.3. The Kier molecular flexibility index (Phi) is 3.38. The molecule has 1 aliphatic heterocycles. The SMILES string of the molecule is CN1CC[C@@]23Cc4[nH]c5ccccc5c4C[C@@]2(O)[C@@H]1CC1=C3Cc2[nH]c3ccccc3c2C1. The van der Waals surface area contributed by atoms with Crippen molar-refractivity contribution in [3.8, 4) is 0 Å². The zero-order chi connectivity index (χ0) is 21.9. The van der Waals surface area contributed by atoms with Crippen LogP contribution in [0.3, 0.4) is 0 Å². The predicted molar refractivity (Wildman–Crippen MR) is 131 cm³/mol. The Morgan fingerprint density at radius 3 is 2.36 bits per heavy atom. The molecule has 1 saturated heterocycles. The number of H-pyrrole nitrogens is 2. The fraction of sp³-hybridized carbons (Fsp3) is 0.379. The van der Waals surface area contributed by atoms with E-state index in [9.17, 15) is 5.11 Å². The average Bonchev–Trinajstić information content (AvgIpc) is 3.36. The Balaban J connectivity index is 1.35. The molecule has 0 spiro atoms. The molecule has 166 valence electrons. The van der Waals surface area contributed by atoms with Gasteiger partial charge in [0, 0.05) is 63.9 Å². The third kappa shape index (κ3) is 2.15. The van der Waals surface area contributed by atoms with E-state index in [1.165, 1.54) is 49.9 Å². The molecule has 3 heterocycles. The molecule has 3 N–H and O–H groups in total. The Hall–Kier alpha value is -2.82. The van der Waals surface area contributed by atoms with Crippen LogP contribution in [0.15, 0.2) is 59.7 Å². The lowest BCUT2D eigenvalue weighted by Gasteiger charge is -2.64. The summed E-state index contributed by atoms with van der Waals surface area (Å²) in [5.74, 6) is 0. The first-order valence-corrected chi connectivity index (χ1v) is 12.4. The number of fused-ring (bicyclic) bond motifs is 6. The standard InChI is InChI=1S/C29H29N3O/c1-32-11-10-28-16-26-21(19-7-3-5-9-24(19)31-26)15-29(28,33)27(32)13-17-12-20-18-6-2-4-8-23(18)30-25(20)14-22(17)28/h2-9,27,30-31,33H,10-16H2,1H3/t27-,28-,29+/m0/s1. The molecule has 3 aliphatic carbocycles. The highest BCUT2D eigenvalue weighted by atomic mass is 16.3. The maximum Gasteiger partial charge on any atom is 0.0943 e. The summed E-state index contributed by atoms with van der Waals surface area (Å²) in [4.78, 5) is 9.95. The smallest absolute Gasteiger partial charge is 0.0943 e. The molecule has 2 aromatic heterocycles. The fourth-order valence-electron chi connectivity index (χ4n) is 8.14. The van der Waals surface area contributed by atoms with Gasteiger partial charge >= 0.3 is 0 Å². The van der Waals surface area contributed by atoms with Crippen molar-refractivity contribution >= 4 is 21.8 Å². The average molecular weight is 436 g/mol. The minimum Gasteiger partial charge on any atom is -0.387 e. The summed E-state index contributed by atoms with van der Waals surface area (Å²) in [7, 11) is 2.23. The van der Waals surface area contributed by atoms with E-state index in [4.69, 9.17) is 0 Å².